The van der Waals surface area contributed by atoms with Crippen LogP contribution in [0.15, 0.2) is 77.7 Å². The van der Waals surface area contributed by atoms with Crippen molar-refractivity contribution >= 4 is 27.5 Å². The van der Waals surface area contributed by atoms with Crippen LogP contribution in [0.4, 0.5) is 5.69 Å². The second-order valence-electron chi connectivity index (χ2n) is 9.63. The predicted octanol–water partition coefficient (Wildman–Crippen LogP) is 4.54. The lowest BCUT2D eigenvalue weighted by molar-refractivity contribution is -0.139. The molecule has 0 aliphatic carbocycles. The van der Waals surface area contributed by atoms with Gasteiger partial charge in [-0.3, -0.25) is 13.9 Å². The van der Waals surface area contributed by atoms with Gasteiger partial charge >= 0.3 is 0 Å². The lowest BCUT2D eigenvalue weighted by atomic mass is 10.1. The summed E-state index contributed by atoms with van der Waals surface area (Å²) in [5, 5.41) is 2.89. The zero-order chi connectivity index (χ0) is 30.0. The third-order valence-electron chi connectivity index (χ3n) is 6.86. The predicted molar refractivity (Wildman–Crippen MR) is 160 cm³/mol. The zero-order valence-electron chi connectivity index (χ0n) is 24.3. The molecule has 3 aromatic carbocycles. The van der Waals surface area contributed by atoms with E-state index in [1.807, 2.05) is 38.1 Å². The number of hydrogen-bond acceptors (Lipinski definition) is 6. The van der Waals surface area contributed by atoms with E-state index in [4.69, 9.17) is 9.47 Å². The van der Waals surface area contributed by atoms with Crippen molar-refractivity contribution in [3.63, 3.8) is 0 Å². The van der Waals surface area contributed by atoms with Crippen LogP contribution < -0.4 is 19.1 Å². The first-order chi connectivity index (χ1) is 19.6. The van der Waals surface area contributed by atoms with Gasteiger partial charge in [0.05, 0.1) is 24.8 Å². The van der Waals surface area contributed by atoms with Crippen LogP contribution in [0.2, 0.25) is 0 Å². The Kier molecular flexibility index (Phi) is 11.2. The molecule has 0 aliphatic heterocycles. The molecule has 0 saturated carbocycles. The molecule has 0 radical (unpaired) electrons. The number of nitrogens with zero attached hydrogens (tertiary/aromatic N) is 2. The Hall–Kier alpha value is -4.05. The van der Waals surface area contributed by atoms with E-state index in [9.17, 15) is 18.0 Å². The van der Waals surface area contributed by atoms with Gasteiger partial charge in [0.15, 0.2) is 0 Å². The number of unbranched alkanes of at least 4 members (excludes halogenated alkanes) is 1. The van der Waals surface area contributed by atoms with Gasteiger partial charge in [0.2, 0.25) is 11.8 Å². The van der Waals surface area contributed by atoms with Gasteiger partial charge in [-0.05, 0) is 55.7 Å². The maximum atomic E-state index is 14.1. The highest BCUT2D eigenvalue weighted by molar-refractivity contribution is 7.92. The van der Waals surface area contributed by atoms with E-state index in [1.54, 1.807) is 37.3 Å². The van der Waals surface area contributed by atoms with Crippen molar-refractivity contribution in [2.24, 2.45) is 0 Å². The summed E-state index contributed by atoms with van der Waals surface area (Å²) in [4.78, 5) is 28.7. The smallest absolute Gasteiger partial charge is 0.264 e. The van der Waals surface area contributed by atoms with E-state index >= 15 is 0 Å². The van der Waals surface area contributed by atoms with Gasteiger partial charge in [-0.25, -0.2) is 8.42 Å². The number of hydrogen-bond donors (Lipinski definition) is 1. The Morgan fingerprint density at radius 3 is 2.27 bits per heavy atom. The van der Waals surface area contributed by atoms with Crippen molar-refractivity contribution in [2.75, 3.05) is 31.6 Å². The SMILES string of the molecule is CCCCNC(=O)[C@H](C)N(Cc1ccccc1C)C(=O)CN(c1cc(OC)ccc1OC)S(=O)(=O)c1ccccc1. The molecule has 0 saturated heterocycles. The van der Waals surface area contributed by atoms with Crippen molar-refractivity contribution < 1.29 is 27.5 Å². The van der Waals surface area contributed by atoms with Crippen molar-refractivity contribution in [3.05, 3.63) is 83.9 Å². The van der Waals surface area contributed by atoms with E-state index in [2.05, 4.69) is 5.32 Å². The Balaban J connectivity index is 2.09. The molecular weight excluding hydrogens is 542 g/mol. The molecule has 1 N–H and O–H groups in total. The molecule has 0 bridgehead atoms. The number of anilines is 1. The lowest BCUT2D eigenvalue weighted by Gasteiger charge is -2.32. The molecule has 0 aliphatic rings. The van der Waals surface area contributed by atoms with Crippen molar-refractivity contribution in [1.82, 2.24) is 10.2 Å². The molecule has 9 nitrogen and oxygen atoms in total. The number of sulfonamides is 1. The minimum Gasteiger partial charge on any atom is -0.497 e. The Morgan fingerprint density at radius 1 is 0.951 bits per heavy atom. The first-order valence-electron chi connectivity index (χ1n) is 13.6. The van der Waals surface area contributed by atoms with Crippen molar-refractivity contribution in [2.45, 2.75) is 51.1 Å². The molecule has 0 aromatic heterocycles. The zero-order valence-corrected chi connectivity index (χ0v) is 25.1. The first kappa shape index (κ1) is 31.5. The molecule has 0 unspecified atom stereocenters. The van der Waals surface area contributed by atoms with Gasteiger partial charge in [-0.1, -0.05) is 55.8 Å². The second-order valence-corrected chi connectivity index (χ2v) is 11.5. The van der Waals surface area contributed by atoms with E-state index in [1.165, 1.54) is 37.3 Å². The minimum atomic E-state index is -4.24. The number of carbonyl (C=O) groups excluding carboxylic acids is 2. The third-order valence-corrected chi connectivity index (χ3v) is 8.64. The van der Waals surface area contributed by atoms with Crippen LogP contribution in [0.1, 0.15) is 37.8 Å². The van der Waals surface area contributed by atoms with Crippen LogP contribution in [0.5, 0.6) is 11.5 Å². The second kappa shape index (κ2) is 14.5. The average Bonchev–Trinajstić information content (AvgIpc) is 2.99. The van der Waals surface area contributed by atoms with Crippen LogP contribution in [-0.4, -0.2) is 58.5 Å². The number of amides is 2. The first-order valence-corrected chi connectivity index (χ1v) is 15.0. The third kappa shape index (κ3) is 7.79. The van der Waals surface area contributed by atoms with E-state index in [0.717, 1.165) is 28.3 Å². The van der Waals surface area contributed by atoms with Crippen LogP contribution in [0.3, 0.4) is 0 Å². The molecular formula is C31H39N3O6S. The van der Waals surface area contributed by atoms with Crippen LogP contribution in [0.25, 0.3) is 0 Å². The highest BCUT2D eigenvalue weighted by Crippen LogP contribution is 2.36. The summed E-state index contributed by atoms with van der Waals surface area (Å²) in [5.74, 6) is -0.219. The highest BCUT2D eigenvalue weighted by atomic mass is 32.2. The summed E-state index contributed by atoms with van der Waals surface area (Å²) in [6, 6.07) is 19.3. The fourth-order valence-corrected chi connectivity index (χ4v) is 5.75. The van der Waals surface area contributed by atoms with Gasteiger partial charge in [0, 0.05) is 19.2 Å². The van der Waals surface area contributed by atoms with E-state index in [0.29, 0.717) is 12.3 Å². The van der Waals surface area contributed by atoms with Gasteiger partial charge in [0.25, 0.3) is 10.0 Å². The summed E-state index contributed by atoms with van der Waals surface area (Å²) in [6.45, 7) is 5.65. The fourth-order valence-electron chi connectivity index (χ4n) is 4.31. The monoisotopic (exact) mass is 581 g/mol. The average molecular weight is 582 g/mol. The number of methoxy groups -OCH3 is 2. The van der Waals surface area contributed by atoms with Gasteiger partial charge in [0.1, 0.15) is 24.1 Å². The van der Waals surface area contributed by atoms with Crippen LogP contribution in [0, 0.1) is 6.92 Å². The number of benzene rings is 3. The minimum absolute atomic E-state index is 0.00786. The number of rotatable bonds is 14. The summed E-state index contributed by atoms with van der Waals surface area (Å²) in [5.41, 5.74) is 1.94. The molecule has 0 spiro atoms. The summed E-state index contributed by atoms with van der Waals surface area (Å²) >= 11 is 0. The molecule has 3 aromatic rings. The number of ether oxygens (including phenoxy) is 2. The van der Waals surface area contributed by atoms with Gasteiger partial charge in [-0.2, -0.15) is 0 Å². The van der Waals surface area contributed by atoms with Crippen LogP contribution in [-0.2, 0) is 26.2 Å². The molecule has 0 heterocycles. The van der Waals surface area contributed by atoms with E-state index < -0.39 is 28.5 Å². The molecule has 220 valence electrons. The van der Waals surface area contributed by atoms with Gasteiger partial charge < -0.3 is 19.7 Å². The number of nitrogens with one attached hydrogen (secondary N) is 1. The normalized spacial score (nSPS) is 11.8. The summed E-state index contributed by atoms with van der Waals surface area (Å²) < 4.78 is 39.9. The maximum Gasteiger partial charge on any atom is 0.264 e. The fraction of sp³-hybridized carbons (Fsp3) is 0.355. The molecule has 10 heteroatoms. The van der Waals surface area contributed by atoms with Crippen molar-refractivity contribution in [3.8, 4) is 11.5 Å². The number of aryl methyl sites for hydroxylation is 1. The Labute approximate surface area is 243 Å². The summed E-state index contributed by atoms with van der Waals surface area (Å²) in [6.07, 6.45) is 1.72. The molecule has 1 atom stereocenters. The number of carbonyl (C=O) groups is 2. The maximum absolute atomic E-state index is 14.1. The largest absolute Gasteiger partial charge is 0.497 e. The molecule has 2 amide bonds. The lowest BCUT2D eigenvalue weighted by Crippen LogP contribution is -2.51. The molecule has 0 fully saturated rings. The van der Waals surface area contributed by atoms with Crippen molar-refractivity contribution in [1.29, 1.82) is 0 Å². The topological polar surface area (TPSA) is 105 Å². The Bertz CT molecular complexity index is 1430. The quantitative estimate of drug-likeness (QED) is 0.280. The van der Waals surface area contributed by atoms with Crippen LogP contribution >= 0.6 is 0 Å². The Morgan fingerprint density at radius 2 is 1.63 bits per heavy atom. The van der Waals surface area contributed by atoms with Gasteiger partial charge in [-0.15, -0.1) is 0 Å². The summed E-state index contributed by atoms with van der Waals surface area (Å²) in [7, 11) is -1.34. The standard InChI is InChI=1S/C31H39N3O6S/c1-6-7-19-32-31(36)24(3)33(21-25-14-12-11-13-23(25)2)30(35)22-34(41(37,38)27-15-9-8-10-16-27)28-20-26(39-4)17-18-29(28)40-5/h8-18,20,24H,6-7,19,21-22H2,1-5H3,(H,32,36)/t24-/m0/s1. The van der Waals surface area contributed by atoms with E-state index in [-0.39, 0.29) is 28.8 Å². The molecule has 41 heavy (non-hydrogen) atoms. The highest BCUT2D eigenvalue weighted by Gasteiger charge is 2.34. The molecule has 3 rings (SSSR count).